The predicted molar refractivity (Wildman–Crippen MR) is 60.6 cm³/mol. The topological polar surface area (TPSA) is 38.3 Å². The molecule has 0 aliphatic heterocycles. The van der Waals surface area contributed by atoms with E-state index in [0.717, 1.165) is 11.8 Å². The Kier molecular flexibility index (Phi) is 5.09. The molecule has 2 unspecified atom stereocenters. The van der Waals surface area contributed by atoms with Gasteiger partial charge in [0.05, 0.1) is 13.2 Å². The summed E-state index contributed by atoms with van der Waals surface area (Å²) in [7, 11) is 0. The zero-order valence-electron chi connectivity index (χ0n) is 10.1. The molecular weight excluding hydrogens is 190 g/mol. The molecule has 1 N–H and O–H groups in total. The van der Waals surface area contributed by atoms with Crippen molar-refractivity contribution in [2.45, 2.75) is 46.1 Å². The molecule has 3 heteroatoms. The van der Waals surface area contributed by atoms with E-state index in [1.807, 2.05) is 6.92 Å². The number of esters is 1. The van der Waals surface area contributed by atoms with E-state index in [1.165, 1.54) is 19.3 Å². The molecule has 0 aromatic rings. The SMILES string of the molecule is CCOC(=O)CNC1CC(C)CC(C)C1. The van der Waals surface area contributed by atoms with Gasteiger partial charge < -0.3 is 10.1 Å². The van der Waals surface area contributed by atoms with Gasteiger partial charge in [0.25, 0.3) is 0 Å². The lowest BCUT2D eigenvalue weighted by Gasteiger charge is -2.31. The van der Waals surface area contributed by atoms with Crippen LogP contribution in [0.4, 0.5) is 0 Å². The summed E-state index contributed by atoms with van der Waals surface area (Å²) in [6, 6.07) is 0.494. The van der Waals surface area contributed by atoms with Crippen LogP contribution in [0.1, 0.15) is 40.0 Å². The average molecular weight is 213 g/mol. The molecule has 0 saturated heterocycles. The second-order valence-electron chi connectivity index (χ2n) is 4.80. The van der Waals surface area contributed by atoms with Crippen LogP contribution in [-0.4, -0.2) is 25.2 Å². The van der Waals surface area contributed by atoms with Gasteiger partial charge in [-0.1, -0.05) is 13.8 Å². The van der Waals surface area contributed by atoms with Crippen LogP contribution >= 0.6 is 0 Å². The molecule has 88 valence electrons. The lowest BCUT2D eigenvalue weighted by atomic mass is 9.80. The summed E-state index contributed by atoms with van der Waals surface area (Å²) in [5.41, 5.74) is 0. The summed E-state index contributed by atoms with van der Waals surface area (Å²) in [4.78, 5) is 11.2. The lowest BCUT2D eigenvalue weighted by Crippen LogP contribution is -2.39. The van der Waals surface area contributed by atoms with Crippen LogP contribution in [0, 0.1) is 11.8 Å². The van der Waals surface area contributed by atoms with Gasteiger partial charge in [-0.2, -0.15) is 0 Å². The summed E-state index contributed by atoms with van der Waals surface area (Å²) < 4.78 is 4.89. The number of hydrogen-bond donors (Lipinski definition) is 1. The molecule has 0 amide bonds. The molecule has 0 radical (unpaired) electrons. The van der Waals surface area contributed by atoms with Crippen molar-refractivity contribution in [3.8, 4) is 0 Å². The monoisotopic (exact) mass is 213 g/mol. The number of carbonyl (C=O) groups is 1. The first-order valence-corrected chi connectivity index (χ1v) is 6.00. The Labute approximate surface area is 92.6 Å². The summed E-state index contributed by atoms with van der Waals surface area (Å²) >= 11 is 0. The Balaban J connectivity index is 2.23. The Morgan fingerprint density at radius 2 is 1.87 bits per heavy atom. The van der Waals surface area contributed by atoms with E-state index < -0.39 is 0 Å². The molecule has 1 aliphatic rings. The predicted octanol–water partition coefficient (Wildman–Crippen LogP) is 1.96. The quantitative estimate of drug-likeness (QED) is 0.726. The van der Waals surface area contributed by atoms with E-state index >= 15 is 0 Å². The van der Waals surface area contributed by atoms with Gasteiger partial charge in [0, 0.05) is 6.04 Å². The van der Waals surface area contributed by atoms with E-state index in [1.54, 1.807) is 0 Å². The highest BCUT2D eigenvalue weighted by Gasteiger charge is 2.23. The second-order valence-corrected chi connectivity index (χ2v) is 4.80. The molecule has 0 heterocycles. The van der Waals surface area contributed by atoms with E-state index in [0.29, 0.717) is 19.2 Å². The van der Waals surface area contributed by atoms with E-state index in [4.69, 9.17) is 4.74 Å². The number of ether oxygens (including phenoxy) is 1. The first kappa shape index (κ1) is 12.5. The first-order valence-electron chi connectivity index (χ1n) is 6.00. The normalized spacial score (nSPS) is 31.3. The average Bonchev–Trinajstić information content (AvgIpc) is 2.14. The minimum Gasteiger partial charge on any atom is -0.465 e. The molecule has 1 rings (SSSR count). The van der Waals surface area contributed by atoms with E-state index in [-0.39, 0.29) is 5.97 Å². The van der Waals surface area contributed by atoms with Gasteiger partial charge in [-0.05, 0) is 38.0 Å². The number of rotatable bonds is 4. The fourth-order valence-corrected chi connectivity index (χ4v) is 2.55. The molecule has 1 aliphatic carbocycles. The standard InChI is InChI=1S/C12H23NO2/c1-4-15-12(14)8-13-11-6-9(2)5-10(3)7-11/h9-11,13H,4-8H2,1-3H3. The summed E-state index contributed by atoms with van der Waals surface area (Å²) in [6.45, 7) is 7.24. The van der Waals surface area contributed by atoms with Crippen LogP contribution in [0.2, 0.25) is 0 Å². The summed E-state index contributed by atoms with van der Waals surface area (Å²) in [6.07, 6.45) is 3.69. The van der Waals surface area contributed by atoms with Crippen LogP contribution in [0.3, 0.4) is 0 Å². The molecule has 0 aromatic heterocycles. The zero-order chi connectivity index (χ0) is 11.3. The second kappa shape index (κ2) is 6.11. The van der Waals surface area contributed by atoms with Gasteiger partial charge in [0.1, 0.15) is 0 Å². The number of hydrogen-bond acceptors (Lipinski definition) is 3. The third-order valence-corrected chi connectivity index (χ3v) is 3.02. The van der Waals surface area contributed by atoms with Gasteiger partial charge in [0.15, 0.2) is 0 Å². The highest BCUT2D eigenvalue weighted by molar-refractivity contribution is 5.71. The van der Waals surface area contributed by atoms with E-state index in [9.17, 15) is 4.79 Å². The molecule has 1 saturated carbocycles. The minimum atomic E-state index is -0.136. The van der Waals surface area contributed by atoms with Crippen molar-refractivity contribution in [3.05, 3.63) is 0 Å². The first-order chi connectivity index (χ1) is 7.11. The molecule has 0 bridgehead atoms. The van der Waals surface area contributed by atoms with Gasteiger partial charge in [-0.3, -0.25) is 4.79 Å². The van der Waals surface area contributed by atoms with Crippen LogP contribution in [-0.2, 0) is 9.53 Å². The van der Waals surface area contributed by atoms with Crippen LogP contribution < -0.4 is 5.32 Å². The third-order valence-electron chi connectivity index (χ3n) is 3.02. The van der Waals surface area contributed by atoms with Crippen molar-refractivity contribution < 1.29 is 9.53 Å². The third kappa shape index (κ3) is 4.65. The summed E-state index contributed by atoms with van der Waals surface area (Å²) in [5.74, 6) is 1.41. The van der Waals surface area contributed by atoms with Crippen molar-refractivity contribution in [2.24, 2.45) is 11.8 Å². The number of carbonyl (C=O) groups excluding carboxylic acids is 1. The van der Waals surface area contributed by atoms with Gasteiger partial charge in [0.2, 0.25) is 0 Å². The molecule has 2 atom stereocenters. The van der Waals surface area contributed by atoms with Crippen LogP contribution in [0.25, 0.3) is 0 Å². The van der Waals surface area contributed by atoms with Crippen molar-refractivity contribution >= 4 is 5.97 Å². The maximum atomic E-state index is 11.2. The maximum absolute atomic E-state index is 11.2. The van der Waals surface area contributed by atoms with Crippen molar-refractivity contribution in [2.75, 3.05) is 13.2 Å². The minimum absolute atomic E-state index is 0.136. The molecular formula is C12H23NO2. The lowest BCUT2D eigenvalue weighted by molar-refractivity contribution is -0.142. The van der Waals surface area contributed by atoms with Gasteiger partial charge in [-0.25, -0.2) is 0 Å². The fourth-order valence-electron chi connectivity index (χ4n) is 2.55. The molecule has 3 nitrogen and oxygen atoms in total. The van der Waals surface area contributed by atoms with Crippen molar-refractivity contribution in [3.63, 3.8) is 0 Å². The largest absolute Gasteiger partial charge is 0.465 e. The smallest absolute Gasteiger partial charge is 0.319 e. The highest BCUT2D eigenvalue weighted by Crippen LogP contribution is 2.28. The molecule has 0 spiro atoms. The van der Waals surface area contributed by atoms with Crippen molar-refractivity contribution in [1.82, 2.24) is 5.32 Å². The van der Waals surface area contributed by atoms with Gasteiger partial charge >= 0.3 is 5.97 Å². The van der Waals surface area contributed by atoms with Crippen molar-refractivity contribution in [1.29, 1.82) is 0 Å². The zero-order valence-corrected chi connectivity index (χ0v) is 10.1. The van der Waals surface area contributed by atoms with Crippen LogP contribution in [0.5, 0.6) is 0 Å². The Bertz CT molecular complexity index is 196. The number of nitrogens with one attached hydrogen (secondary N) is 1. The molecule has 0 aromatic carbocycles. The van der Waals surface area contributed by atoms with E-state index in [2.05, 4.69) is 19.2 Å². The molecule has 15 heavy (non-hydrogen) atoms. The summed E-state index contributed by atoms with van der Waals surface area (Å²) in [5, 5.41) is 3.29. The highest BCUT2D eigenvalue weighted by atomic mass is 16.5. The Hall–Kier alpha value is -0.570. The molecule has 1 fully saturated rings. The Morgan fingerprint density at radius 1 is 1.27 bits per heavy atom. The maximum Gasteiger partial charge on any atom is 0.319 e. The van der Waals surface area contributed by atoms with Gasteiger partial charge in [-0.15, -0.1) is 0 Å². The Morgan fingerprint density at radius 3 is 2.40 bits per heavy atom. The fraction of sp³-hybridized carbons (Fsp3) is 0.917. The van der Waals surface area contributed by atoms with Crippen LogP contribution in [0.15, 0.2) is 0 Å².